The van der Waals surface area contributed by atoms with Crippen LogP contribution >= 0.6 is 0 Å². The van der Waals surface area contributed by atoms with Gasteiger partial charge in [0.25, 0.3) is 0 Å². The SMILES string of the molecule is COc1ccc(C(NC(=O)C2CNC(=O)C2)C(=O)Cc2ccc([Si](C)(C)C)cc2F)cc1. The Kier molecular flexibility index (Phi) is 7.13. The van der Waals surface area contributed by atoms with Crippen LogP contribution in [0.2, 0.25) is 19.6 Å². The number of amides is 2. The minimum Gasteiger partial charge on any atom is -0.497 e. The number of carbonyl (C=O) groups excluding carboxylic acids is 3. The zero-order valence-corrected chi connectivity index (χ0v) is 19.8. The Balaban J connectivity index is 1.84. The summed E-state index contributed by atoms with van der Waals surface area (Å²) < 4.78 is 19.9. The molecule has 1 fully saturated rings. The first-order valence-electron chi connectivity index (χ1n) is 10.6. The molecule has 2 atom stereocenters. The second kappa shape index (κ2) is 9.64. The standard InChI is InChI=1S/C24H29FN2O4Si/c1-31-18-8-5-15(6-9-18)23(27-24(30)17-12-22(29)26-14-17)21(28)11-16-7-10-19(13-20(16)25)32(2,3)4/h5-10,13,17,23H,11-12,14H2,1-4H3,(H,26,29)(H,27,30). The van der Waals surface area contributed by atoms with Crippen LogP contribution in [0.4, 0.5) is 4.39 Å². The Morgan fingerprint density at radius 1 is 1.19 bits per heavy atom. The molecule has 32 heavy (non-hydrogen) atoms. The van der Waals surface area contributed by atoms with Gasteiger partial charge in [0.05, 0.1) is 21.1 Å². The van der Waals surface area contributed by atoms with Crippen molar-refractivity contribution < 1.29 is 23.5 Å². The van der Waals surface area contributed by atoms with Gasteiger partial charge in [-0.1, -0.05) is 49.1 Å². The van der Waals surface area contributed by atoms with Crippen molar-refractivity contribution >= 4 is 30.9 Å². The molecule has 2 amide bonds. The highest BCUT2D eigenvalue weighted by Crippen LogP contribution is 2.22. The van der Waals surface area contributed by atoms with Crippen LogP contribution in [-0.2, 0) is 20.8 Å². The highest BCUT2D eigenvalue weighted by molar-refractivity contribution is 6.88. The molecule has 3 rings (SSSR count). The van der Waals surface area contributed by atoms with Gasteiger partial charge in [0.15, 0.2) is 5.78 Å². The molecular weight excluding hydrogens is 427 g/mol. The number of nitrogens with one attached hydrogen (secondary N) is 2. The van der Waals surface area contributed by atoms with Crippen molar-refractivity contribution in [1.82, 2.24) is 10.6 Å². The van der Waals surface area contributed by atoms with Gasteiger partial charge in [-0.2, -0.15) is 0 Å². The number of benzene rings is 2. The van der Waals surface area contributed by atoms with Crippen LogP contribution < -0.4 is 20.6 Å². The van der Waals surface area contributed by atoms with Crippen molar-refractivity contribution in [1.29, 1.82) is 0 Å². The Bertz CT molecular complexity index is 1020. The lowest BCUT2D eigenvalue weighted by molar-refractivity contribution is -0.130. The monoisotopic (exact) mass is 456 g/mol. The number of ketones is 1. The Hall–Kier alpha value is -3.00. The van der Waals surface area contributed by atoms with Crippen LogP contribution in [0.25, 0.3) is 0 Å². The van der Waals surface area contributed by atoms with Crippen molar-refractivity contribution in [2.24, 2.45) is 5.92 Å². The number of methoxy groups -OCH3 is 1. The molecule has 0 bridgehead atoms. The maximum Gasteiger partial charge on any atom is 0.226 e. The average molecular weight is 457 g/mol. The molecule has 8 heteroatoms. The normalized spacial score (nSPS) is 16.9. The van der Waals surface area contributed by atoms with Crippen molar-refractivity contribution in [2.75, 3.05) is 13.7 Å². The predicted octanol–water partition coefficient (Wildman–Crippen LogP) is 2.48. The number of hydrogen-bond donors (Lipinski definition) is 2. The summed E-state index contributed by atoms with van der Waals surface area (Å²) in [6.07, 6.45) is -0.0707. The van der Waals surface area contributed by atoms with E-state index in [4.69, 9.17) is 4.74 Å². The van der Waals surface area contributed by atoms with E-state index in [0.717, 1.165) is 5.19 Å². The molecule has 1 saturated heterocycles. The van der Waals surface area contributed by atoms with Crippen LogP contribution in [0.5, 0.6) is 5.75 Å². The van der Waals surface area contributed by atoms with E-state index < -0.39 is 25.9 Å². The lowest BCUT2D eigenvalue weighted by atomic mass is 9.96. The van der Waals surface area contributed by atoms with Crippen LogP contribution in [0.3, 0.4) is 0 Å². The van der Waals surface area contributed by atoms with Gasteiger partial charge in [-0.05, 0) is 29.3 Å². The first-order chi connectivity index (χ1) is 15.1. The van der Waals surface area contributed by atoms with Crippen molar-refractivity contribution in [3.63, 3.8) is 0 Å². The van der Waals surface area contributed by atoms with Crippen LogP contribution in [0.1, 0.15) is 23.6 Å². The fourth-order valence-electron chi connectivity index (χ4n) is 3.64. The average Bonchev–Trinajstić information content (AvgIpc) is 3.19. The third-order valence-electron chi connectivity index (χ3n) is 5.69. The van der Waals surface area contributed by atoms with E-state index in [1.807, 2.05) is 6.07 Å². The molecule has 170 valence electrons. The minimum atomic E-state index is -1.68. The van der Waals surface area contributed by atoms with Crippen LogP contribution in [0, 0.1) is 11.7 Å². The summed E-state index contributed by atoms with van der Waals surface area (Å²) in [5.41, 5.74) is 0.864. The molecule has 0 aliphatic carbocycles. The summed E-state index contributed by atoms with van der Waals surface area (Å²) in [6.45, 7) is 6.63. The molecule has 1 aliphatic heterocycles. The smallest absolute Gasteiger partial charge is 0.226 e. The van der Waals surface area contributed by atoms with Crippen molar-refractivity contribution in [3.05, 3.63) is 59.4 Å². The third-order valence-corrected chi connectivity index (χ3v) is 7.73. The quantitative estimate of drug-likeness (QED) is 0.598. The van der Waals surface area contributed by atoms with Crippen LogP contribution in [-0.4, -0.2) is 39.3 Å². The molecule has 2 aromatic rings. The predicted molar refractivity (Wildman–Crippen MR) is 123 cm³/mol. The van der Waals surface area contributed by atoms with Gasteiger partial charge in [0.2, 0.25) is 11.8 Å². The maximum absolute atomic E-state index is 14.8. The Morgan fingerprint density at radius 3 is 2.41 bits per heavy atom. The summed E-state index contributed by atoms with van der Waals surface area (Å²) in [6, 6.07) is 10.9. The second-order valence-electron chi connectivity index (χ2n) is 9.12. The van der Waals surface area contributed by atoms with Gasteiger partial charge < -0.3 is 15.4 Å². The van der Waals surface area contributed by atoms with Gasteiger partial charge in [0.1, 0.15) is 17.6 Å². The molecule has 0 aromatic heterocycles. The summed E-state index contributed by atoms with van der Waals surface area (Å²) in [5, 5.41) is 6.37. The zero-order chi connectivity index (χ0) is 23.5. The number of Topliss-reactive ketones (excluding diaryl/α,β-unsaturated/α-hetero) is 1. The highest BCUT2D eigenvalue weighted by atomic mass is 28.3. The molecule has 2 unspecified atom stereocenters. The number of halogens is 1. The molecule has 2 N–H and O–H groups in total. The van der Waals surface area contributed by atoms with E-state index in [2.05, 4.69) is 30.3 Å². The van der Waals surface area contributed by atoms with E-state index in [9.17, 15) is 18.8 Å². The van der Waals surface area contributed by atoms with Gasteiger partial charge in [-0.15, -0.1) is 0 Å². The Labute approximate surface area is 188 Å². The fourth-order valence-corrected chi connectivity index (χ4v) is 4.79. The molecule has 0 saturated carbocycles. The van der Waals surface area contributed by atoms with E-state index in [-0.39, 0.29) is 37.0 Å². The van der Waals surface area contributed by atoms with E-state index in [1.54, 1.807) is 30.3 Å². The number of hydrogen-bond acceptors (Lipinski definition) is 4. The highest BCUT2D eigenvalue weighted by Gasteiger charge is 2.32. The van der Waals surface area contributed by atoms with E-state index in [0.29, 0.717) is 16.9 Å². The van der Waals surface area contributed by atoms with Crippen molar-refractivity contribution in [2.45, 2.75) is 38.5 Å². The molecule has 6 nitrogen and oxygen atoms in total. The van der Waals surface area contributed by atoms with E-state index in [1.165, 1.54) is 13.2 Å². The van der Waals surface area contributed by atoms with Gasteiger partial charge in [0, 0.05) is 19.4 Å². The maximum atomic E-state index is 14.8. The van der Waals surface area contributed by atoms with Crippen molar-refractivity contribution in [3.8, 4) is 5.75 Å². The lowest BCUT2D eigenvalue weighted by Crippen LogP contribution is -2.39. The molecule has 1 aliphatic rings. The molecule has 0 spiro atoms. The zero-order valence-electron chi connectivity index (χ0n) is 18.8. The molecule has 0 radical (unpaired) electrons. The first-order valence-corrected chi connectivity index (χ1v) is 14.1. The first kappa shape index (κ1) is 23.7. The summed E-state index contributed by atoms with van der Waals surface area (Å²) >= 11 is 0. The Morgan fingerprint density at radius 2 is 1.88 bits per heavy atom. The summed E-state index contributed by atoms with van der Waals surface area (Å²) in [7, 11) is -0.143. The minimum absolute atomic E-state index is 0.0855. The summed E-state index contributed by atoms with van der Waals surface area (Å²) in [5.74, 6) is -1.24. The molecule has 2 aromatic carbocycles. The second-order valence-corrected chi connectivity index (χ2v) is 14.2. The van der Waals surface area contributed by atoms with Gasteiger partial charge in [-0.25, -0.2) is 4.39 Å². The number of rotatable bonds is 8. The third kappa shape index (κ3) is 5.62. The largest absolute Gasteiger partial charge is 0.497 e. The number of carbonyl (C=O) groups is 3. The fraction of sp³-hybridized carbons (Fsp3) is 0.375. The van der Waals surface area contributed by atoms with E-state index >= 15 is 0 Å². The summed E-state index contributed by atoms with van der Waals surface area (Å²) in [4.78, 5) is 37.4. The molecular formula is C24H29FN2O4Si. The topological polar surface area (TPSA) is 84.5 Å². The van der Waals surface area contributed by atoms with Gasteiger partial charge >= 0.3 is 0 Å². The number of ether oxygens (including phenoxy) is 1. The van der Waals surface area contributed by atoms with Gasteiger partial charge in [-0.3, -0.25) is 14.4 Å². The molecule has 1 heterocycles. The lowest BCUT2D eigenvalue weighted by Gasteiger charge is -2.21. The van der Waals surface area contributed by atoms with Crippen LogP contribution in [0.15, 0.2) is 42.5 Å².